The van der Waals surface area contributed by atoms with Gasteiger partial charge in [0.05, 0.1) is 6.16 Å². The smallest absolute Gasteiger partial charge is 0.0586 e. The van der Waals surface area contributed by atoms with Crippen molar-refractivity contribution in [2.75, 3.05) is 26.2 Å². The summed E-state index contributed by atoms with van der Waals surface area (Å²) in [6.07, 6.45) is 28.1. The molecule has 0 spiro atoms. The topological polar surface area (TPSA) is 0 Å². The summed E-state index contributed by atoms with van der Waals surface area (Å²) in [5, 5.41) is 0. The van der Waals surface area contributed by atoms with Crippen molar-refractivity contribution >= 4 is 7.26 Å². The fraction of sp³-hybridized carbons (Fsp3) is 1.00. The van der Waals surface area contributed by atoms with Crippen LogP contribution in [0.1, 0.15) is 122 Å². The molecule has 1 heteroatoms. The summed E-state index contributed by atoms with van der Waals surface area (Å²) in [6.45, 7) is 9.72. The van der Waals surface area contributed by atoms with Crippen molar-refractivity contribution < 1.29 is 0 Å². The average Bonchev–Trinajstić information content (AvgIpc) is 2.52. The molecule has 0 aromatic carbocycles. The van der Waals surface area contributed by atoms with Crippen molar-refractivity contribution in [2.24, 2.45) is 0 Å². The summed E-state index contributed by atoms with van der Waals surface area (Å²) in [7, 11) is -0.507. The Morgan fingerprint density at radius 2 is 0.625 bits per heavy atom. The van der Waals surface area contributed by atoms with Crippen molar-refractivity contribution in [1.82, 2.24) is 0 Å². The molecule has 0 amide bonds. The van der Waals surface area contributed by atoms with E-state index in [0.717, 1.165) is 0 Å². The van der Waals surface area contributed by atoms with Gasteiger partial charge in [-0.2, -0.15) is 0 Å². The van der Waals surface area contributed by atoms with Crippen LogP contribution in [0.2, 0.25) is 0 Å². The van der Waals surface area contributed by atoms with Gasteiger partial charge >= 0.3 is 0 Å². The first kappa shape index (κ1) is 24.4. The van der Waals surface area contributed by atoms with Crippen LogP contribution in [0.5, 0.6) is 0 Å². The van der Waals surface area contributed by atoms with Crippen LogP contribution in [0.25, 0.3) is 0 Å². The van der Waals surface area contributed by atoms with Gasteiger partial charge in [-0.05, 0) is 12.8 Å². The second-order valence-corrected chi connectivity index (χ2v) is 14.1. The van der Waals surface area contributed by atoms with Crippen LogP contribution in [0, 0.1) is 0 Å². The molecule has 24 heavy (non-hydrogen) atoms. The molecule has 0 heterocycles. The fourth-order valence-corrected chi connectivity index (χ4v) is 4.66. The van der Waals surface area contributed by atoms with Gasteiger partial charge in [-0.15, -0.1) is 0 Å². The molecule has 0 N–H and O–H groups in total. The predicted molar refractivity (Wildman–Crippen MR) is 118 cm³/mol. The molecule has 0 nitrogen and oxygen atoms in total. The number of rotatable bonds is 19. The molecule has 0 unspecified atom stereocenters. The van der Waals surface area contributed by atoms with Crippen LogP contribution in [0.4, 0.5) is 0 Å². The van der Waals surface area contributed by atoms with E-state index in [2.05, 4.69) is 26.9 Å². The number of hydrogen-bond donors (Lipinski definition) is 0. The van der Waals surface area contributed by atoms with Crippen molar-refractivity contribution in [1.29, 1.82) is 0 Å². The largest absolute Gasteiger partial charge is 0.0654 e. The maximum atomic E-state index is 2.47. The maximum Gasteiger partial charge on any atom is 0.0586 e. The summed E-state index contributed by atoms with van der Waals surface area (Å²) in [5.41, 5.74) is 0. The van der Waals surface area contributed by atoms with E-state index in [1.807, 2.05) is 0 Å². The lowest BCUT2D eigenvalue weighted by molar-refractivity contribution is 0.526. The normalized spacial score (nSPS) is 12.0. The molecule has 0 aliphatic rings. The molecule has 0 saturated carbocycles. The molecule has 0 atom stereocenters. The Morgan fingerprint density at radius 3 is 0.875 bits per heavy atom. The quantitative estimate of drug-likeness (QED) is 0.160. The summed E-state index contributed by atoms with van der Waals surface area (Å²) < 4.78 is 0. The highest BCUT2D eigenvalue weighted by atomic mass is 31.2. The molecule has 146 valence electrons. The van der Waals surface area contributed by atoms with Gasteiger partial charge in [-0.25, -0.2) is 0 Å². The zero-order chi connectivity index (χ0) is 17.9. The van der Waals surface area contributed by atoms with Crippen LogP contribution in [0.3, 0.4) is 0 Å². The summed E-state index contributed by atoms with van der Waals surface area (Å²) >= 11 is 0. The van der Waals surface area contributed by atoms with E-state index in [4.69, 9.17) is 0 Å². The van der Waals surface area contributed by atoms with Crippen molar-refractivity contribution in [3.05, 3.63) is 0 Å². The van der Waals surface area contributed by atoms with Crippen LogP contribution >= 0.6 is 7.26 Å². The molecule has 0 aliphatic carbocycles. The Kier molecular flexibility index (Phi) is 18.6. The van der Waals surface area contributed by atoms with Gasteiger partial charge in [-0.1, -0.05) is 110 Å². The Bertz CT molecular complexity index is 229. The first-order chi connectivity index (χ1) is 11.6. The van der Waals surface area contributed by atoms with Crippen molar-refractivity contribution in [3.8, 4) is 0 Å². The van der Waals surface area contributed by atoms with Gasteiger partial charge in [0.15, 0.2) is 0 Å². The van der Waals surface area contributed by atoms with E-state index >= 15 is 0 Å². The number of hydrogen-bond acceptors (Lipinski definition) is 0. The van der Waals surface area contributed by atoms with E-state index in [0.29, 0.717) is 0 Å². The van der Waals surface area contributed by atoms with Crippen LogP contribution < -0.4 is 0 Å². The highest BCUT2D eigenvalue weighted by Crippen LogP contribution is 2.47. The monoisotopic (exact) mass is 357 g/mol. The second kappa shape index (κ2) is 18.2. The Morgan fingerprint density at radius 1 is 0.375 bits per heavy atom. The summed E-state index contributed by atoms with van der Waals surface area (Å²) in [4.78, 5) is 0. The number of unbranched alkanes of at least 4 members (excludes halogenated alkanes) is 17. The molecule has 0 rings (SSSR count). The minimum absolute atomic E-state index is 0.507. The molecule has 0 radical (unpaired) electrons. The fourth-order valence-electron chi connectivity index (χ4n) is 3.49. The zero-order valence-electron chi connectivity index (χ0n) is 17.9. The highest BCUT2D eigenvalue weighted by molar-refractivity contribution is 7.73. The molecular formula is C23H50P+. The summed E-state index contributed by atoms with van der Waals surface area (Å²) in [6, 6.07) is 0. The van der Waals surface area contributed by atoms with Crippen LogP contribution in [-0.2, 0) is 0 Å². The molecule has 0 fully saturated rings. The maximum absolute atomic E-state index is 2.47. The second-order valence-electron chi connectivity index (χ2n) is 9.02. The van der Waals surface area contributed by atoms with E-state index in [9.17, 15) is 0 Å². The van der Waals surface area contributed by atoms with Gasteiger partial charge in [0.2, 0.25) is 0 Å². The Balaban J connectivity index is 3.00. The van der Waals surface area contributed by atoms with E-state index < -0.39 is 7.26 Å². The molecular weight excluding hydrogens is 307 g/mol. The Hall–Kier alpha value is 0.430. The van der Waals surface area contributed by atoms with Crippen LogP contribution in [0.15, 0.2) is 0 Å². The lowest BCUT2D eigenvalue weighted by Gasteiger charge is -2.10. The van der Waals surface area contributed by atoms with Crippen LogP contribution in [-0.4, -0.2) is 26.2 Å². The highest BCUT2D eigenvalue weighted by Gasteiger charge is 2.15. The zero-order valence-corrected chi connectivity index (χ0v) is 18.8. The third kappa shape index (κ3) is 22.4. The molecule has 0 aromatic rings. The summed E-state index contributed by atoms with van der Waals surface area (Å²) in [5.74, 6) is 0. The lowest BCUT2D eigenvalue weighted by atomic mass is 10.0. The van der Waals surface area contributed by atoms with Gasteiger partial charge in [0.25, 0.3) is 0 Å². The molecule has 0 bridgehead atoms. The standard InChI is InChI=1S/C23H50P/c1-5-6-7-8-9-10-11-12-13-14-15-16-17-18-19-20-21-22-23-24(2,3)4/h5-23H2,1-4H3/q+1. The SMILES string of the molecule is CCCCCCCCCCCCCCCCCCCC[P+](C)(C)C. The van der Waals surface area contributed by atoms with Gasteiger partial charge in [-0.3, -0.25) is 0 Å². The van der Waals surface area contributed by atoms with Crippen molar-refractivity contribution in [3.63, 3.8) is 0 Å². The van der Waals surface area contributed by atoms with E-state index in [-0.39, 0.29) is 0 Å². The minimum atomic E-state index is -0.507. The first-order valence-corrected chi connectivity index (χ1v) is 14.7. The third-order valence-electron chi connectivity index (χ3n) is 5.18. The van der Waals surface area contributed by atoms with Crippen molar-refractivity contribution in [2.45, 2.75) is 122 Å². The molecule has 0 aromatic heterocycles. The minimum Gasteiger partial charge on any atom is -0.0654 e. The third-order valence-corrected chi connectivity index (χ3v) is 6.84. The Labute approximate surface area is 156 Å². The first-order valence-electron chi connectivity index (χ1n) is 11.4. The van der Waals surface area contributed by atoms with Gasteiger partial charge in [0.1, 0.15) is 0 Å². The predicted octanol–water partition coefficient (Wildman–Crippen LogP) is 8.94. The lowest BCUT2D eigenvalue weighted by Crippen LogP contribution is -1.93. The van der Waals surface area contributed by atoms with Gasteiger partial charge < -0.3 is 0 Å². The van der Waals surface area contributed by atoms with E-state index in [1.54, 1.807) is 0 Å². The average molecular weight is 358 g/mol. The molecule has 0 aliphatic heterocycles. The molecule has 0 saturated heterocycles. The van der Waals surface area contributed by atoms with E-state index in [1.165, 1.54) is 122 Å². The van der Waals surface area contributed by atoms with Gasteiger partial charge in [0, 0.05) is 27.3 Å².